The van der Waals surface area contributed by atoms with Gasteiger partial charge in [-0.2, -0.15) is 5.26 Å². The number of fused-ring (bicyclic) bond motifs is 1. The highest BCUT2D eigenvalue weighted by molar-refractivity contribution is 5.95. The first kappa shape index (κ1) is 17.0. The van der Waals surface area contributed by atoms with Crippen molar-refractivity contribution in [2.45, 2.75) is 0 Å². The lowest BCUT2D eigenvalue weighted by atomic mass is 10.1. The number of ether oxygens (including phenoxy) is 1. The number of allylic oxidation sites excluding steroid dienone is 4. The highest BCUT2D eigenvalue weighted by Crippen LogP contribution is 2.32. The smallest absolute Gasteiger partial charge is 0.222 e. The van der Waals surface area contributed by atoms with Gasteiger partial charge in [-0.15, -0.1) is 0 Å². The van der Waals surface area contributed by atoms with E-state index in [4.69, 9.17) is 4.74 Å². The third kappa shape index (κ3) is 3.20. The molecule has 0 fully saturated rings. The van der Waals surface area contributed by atoms with Crippen LogP contribution in [0, 0.1) is 21.4 Å². The summed E-state index contributed by atoms with van der Waals surface area (Å²) in [6.07, 6.45) is 6.40. The van der Waals surface area contributed by atoms with E-state index in [0.29, 0.717) is 22.6 Å². The molecule has 0 bridgehead atoms. The van der Waals surface area contributed by atoms with Crippen molar-refractivity contribution in [2.75, 3.05) is 13.7 Å². The molecule has 2 aromatic rings. The SMILES string of the molecule is C=C/C=C(\C=C/C[N+](=O)[O-])c1c(C#N)c2ccc(OC)cc2n1C. The van der Waals surface area contributed by atoms with Crippen LogP contribution in [0.1, 0.15) is 11.3 Å². The van der Waals surface area contributed by atoms with Crippen molar-refractivity contribution in [3.63, 3.8) is 0 Å². The van der Waals surface area contributed by atoms with Crippen LogP contribution < -0.4 is 4.74 Å². The van der Waals surface area contributed by atoms with Crippen LogP contribution in [0.5, 0.6) is 5.75 Å². The fourth-order valence-electron chi connectivity index (χ4n) is 2.60. The van der Waals surface area contributed by atoms with Crippen molar-refractivity contribution in [3.8, 4) is 11.8 Å². The number of nitrogens with zero attached hydrogens (tertiary/aromatic N) is 3. The number of hydrogen-bond acceptors (Lipinski definition) is 4. The van der Waals surface area contributed by atoms with Crippen LogP contribution in [0.4, 0.5) is 0 Å². The summed E-state index contributed by atoms with van der Waals surface area (Å²) in [6, 6.07) is 7.72. The lowest BCUT2D eigenvalue weighted by Crippen LogP contribution is -1.98. The van der Waals surface area contributed by atoms with Crippen molar-refractivity contribution < 1.29 is 9.66 Å². The van der Waals surface area contributed by atoms with Gasteiger partial charge in [-0.25, -0.2) is 0 Å². The molecule has 1 heterocycles. The fourth-order valence-corrected chi connectivity index (χ4v) is 2.60. The second-order valence-electron chi connectivity index (χ2n) is 5.05. The summed E-state index contributed by atoms with van der Waals surface area (Å²) in [5.41, 5.74) is 2.72. The first-order valence-corrected chi connectivity index (χ1v) is 7.21. The van der Waals surface area contributed by atoms with Gasteiger partial charge in [0.25, 0.3) is 0 Å². The predicted octanol–water partition coefficient (Wildman–Crippen LogP) is 3.46. The van der Waals surface area contributed by atoms with E-state index in [2.05, 4.69) is 12.6 Å². The second-order valence-corrected chi connectivity index (χ2v) is 5.05. The summed E-state index contributed by atoms with van der Waals surface area (Å²) in [5, 5.41) is 20.9. The van der Waals surface area contributed by atoms with Gasteiger partial charge in [0, 0.05) is 23.4 Å². The molecule has 0 N–H and O–H groups in total. The minimum absolute atomic E-state index is 0.284. The van der Waals surface area contributed by atoms with Crippen molar-refractivity contribution in [3.05, 3.63) is 70.5 Å². The Morgan fingerprint density at radius 2 is 2.29 bits per heavy atom. The molecule has 122 valence electrons. The lowest BCUT2D eigenvalue weighted by molar-refractivity contribution is -0.468. The molecule has 0 aliphatic carbocycles. The predicted molar refractivity (Wildman–Crippen MR) is 93.4 cm³/mol. The fraction of sp³-hybridized carbons (Fsp3) is 0.167. The molecule has 0 unspecified atom stereocenters. The maximum absolute atomic E-state index is 10.5. The summed E-state index contributed by atoms with van der Waals surface area (Å²) in [5.74, 6) is 0.692. The number of hydrogen-bond donors (Lipinski definition) is 0. The van der Waals surface area contributed by atoms with Gasteiger partial charge in [0.1, 0.15) is 11.8 Å². The van der Waals surface area contributed by atoms with Gasteiger partial charge >= 0.3 is 0 Å². The number of rotatable bonds is 6. The molecular weight excluding hydrogens is 306 g/mol. The third-order valence-electron chi connectivity index (χ3n) is 3.64. The number of methoxy groups -OCH3 is 1. The highest BCUT2D eigenvalue weighted by Gasteiger charge is 2.17. The van der Waals surface area contributed by atoms with Crippen LogP contribution in [0.2, 0.25) is 0 Å². The monoisotopic (exact) mass is 323 g/mol. The van der Waals surface area contributed by atoms with Gasteiger partial charge < -0.3 is 9.30 Å². The molecule has 0 amide bonds. The maximum atomic E-state index is 10.5. The summed E-state index contributed by atoms with van der Waals surface area (Å²) in [6.45, 7) is 3.40. The first-order chi connectivity index (χ1) is 11.5. The topological polar surface area (TPSA) is 81.1 Å². The zero-order valence-electron chi connectivity index (χ0n) is 13.5. The number of aryl methyl sites for hydroxylation is 1. The van der Waals surface area contributed by atoms with Gasteiger partial charge in [-0.05, 0) is 23.8 Å². The van der Waals surface area contributed by atoms with Crippen molar-refractivity contribution in [1.29, 1.82) is 5.26 Å². The van der Waals surface area contributed by atoms with Crippen LogP contribution in [0.25, 0.3) is 16.5 Å². The molecule has 24 heavy (non-hydrogen) atoms. The molecular formula is C18H17N3O3. The summed E-state index contributed by atoms with van der Waals surface area (Å²) < 4.78 is 7.12. The van der Waals surface area contributed by atoms with E-state index in [1.165, 1.54) is 6.08 Å². The summed E-state index contributed by atoms with van der Waals surface area (Å²) in [7, 11) is 3.43. The van der Waals surface area contributed by atoms with Gasteiger partial charge in [0.15, 0.2) is 0 Å². The molecule has 6 heteroatoms. The molecule has 0 saturated heterocycles. The van der Waals surface area contributed by atoms with Crippen LogP contribution >= 0.6 is 0 Å². The van der Waals surface area contributed by atoms with E-state index < -0.39 is 4.92 Å². The Bertz CT molecular complexity index is 898. The molecule has 1 aromatic heterocycles. The van der Waals surface area contributed by atoms with Crippen molar-refractivity contribution >= 4 is 16.5 Å². The van der Waals surface area contributed by atoms with Crippen molar-refractivity contribution in [2.24, 2.45) is 7.05 Å². The van der Waals surface area contributed by atoms with Crippen LogP contribution in [0.3, 0.4) is 0 Å². The summed E-state index contributed by atoms with van der Waals surface area (Å²) >= 11 is 0. The first-order valence-electron chi connectivity index (χ1n) is 7.21. The zero-order chi connectivity index (χ0) is 17.7. The Morgan fingerprint density at radius 3 is 2.88 bits per heavy atom. The average molecular weight is 323 g/mol. The Kier molecular flexibility index (Phi) is 5.17. The van der Waals surface area contributed by atoms with E-state index in [9.17, 15) is 15.4 Å². The van der Waals surface area contributed by atoms with Gasteiger partial charge in [0.05, 0.1) is 23.9 Å². The molecule has 0 spiro atoms. The standard InChI is InChI=1S/C18H17N3O3/c1-4-6-13(7-5-10-21(22)23)18-16(12-19)15-9-8-14(24-3)11-17(15)20(18)2/h4-9,11H,1,10H2,2-3H3/b7-5-,13-6+. The zero-order valence-corrected chi connectivity index (χ0v) is 13.5. The van der Waals surface area contributed by atoms with Crippen molar-refractivity contribution in [1.82, 2.24) is 4.57 Å². The van der Waals surface area contributed by atoms with E-state index >= 15 is 0 Å². The van der Waals surface area contributed by atoms with Gasteiger partial charge in [-0.1, -0.05) is 24.8 Å². The van der Waals surface area contributed by atoms with E-state index in [1.807, 2.05) is 23.7 Å². The number of aromatic nitrogens is 1. The van der Waals surface area contributed by atoms with Gasteiger partial charge in [-0.3, -0.25) is 10.1 Å². The van der Waals surface area contributed by atoms with E-state index in [-0.39, 0.29) is 6.54 Å². The molecule has 0 aliphatic rings. The number of nitro groups is 1. The minimum Gasteiger partial charge on any atom is -0.497 e. The van der Waals surface area contributed by atoms with Crippen LogP contribution in [-0.4, -0.2) is 23.1 Å². The number of benzene rings is 1. The third-order valence-corrected chi connectivity index (χ3v) is 3.64. The maximum Gasteiger partial charge on any atom is 0.222 e. The largest absolute Gasteiger partial charge is 0.497 e. The van der Waals surface area contributed by atoms with E-state index in [0.717, 1.165) is 10.9 Å². The molecule has 2 rings (SSSR count). The highest BCUT2D eigenvalue weighted by atomic mass is 16.6. The van der Waals surface area contributed by atoms with E-state index in [1.54, 1.807) is 31.4 Å². The molecule has 0 atom stereocenters. The molecule has 6 nitrogen and oxygen atoms in total. The van der Waals surface area contributed by atoms with Gasteiger partial charge in [0.2, 0.25) is 6.54 Å². The normalized spacial score (nSPS) is 11.6. The van der Waals surface area contributed by atoms with Crippen LogP contribution in [-0.2, 0) is 7.05 Å². The molecule has 0 aliphatic heterocycles. The Balaban J connectivity index is 2.68. The minimum atomic E-state index is -0.417. The average Bonchev–Trinajstić information content (AvgIpc) is 2.85. The molecule has 0 saturated carbocycles. The lowest BCUT2D eigenvalue weighted by Gasteiger charge is -2.06. The Labute approximate surface area is 139 Å². The van der Waals surface area contributed by atoms with Crippen LogP contribution in [0.15, 0.2) is 49.1 Å². The molecule has 1 aromatic carbocycles. The quantitative estimate of drug-likeness (QED) is 0.463. The second kappa shape index (κ2) is 7.29. The Hall–Kier alpha value is -3.33. The summed E-state index contributed by atoms with van der Waals surface area (Å²) in [4.78, 5) is 10.1. The number of nitriles is 1. The molecule has 0 radical (unpaired) electrons. The Morgan fingerprint density at radius 1 is 1.54 bits per heavy atom.